The molecule has 0 radical (unpaired) electrons. The average Bonchev–Trinajstić information content (AvgIpc) is 2.41. The number of hydrogen-bond acceptors (Lipinski definition) is 2. The fourth-order valence-electron chi connectivity index (χ4n) is 2.01. The summed E-state index contributed by atoms with van der Waals surface area (Å²) in [4.78, 5) is 13.2. The Morgan fingerprint density at radius 3 is 2.29 bits per heavy atom. The van der Waals surface area contributed by atoms with Gasteiger partial charge in [-0.3, -0.25) is 4.79 Å². The van der Waals surface area contributed by atoms with Crippen LogP contribution in [0.25, 0.3) is 0 Å². The van der Waals surface area contributed by atoms with Crippen molar-refractivity contribution >= 4 is 5.97 Å². The second kappa shape index (κ2) is 6.02. The molecule has 0 aromatic heterocycles. The molecular formula is C11H21NO2. The van der Waals surface area contributed by atoms with Crippen molar-refractivity contribution in [1.82, 2.24) is 4.90 Å². The van der Waals surface area contributed by atoms with Crippen LogP contribution in [0.3, 0.4) is 0 Å². The van der Waals surface area contributed by atoms with Crippen molar-refractivity contribution in [1.29, 1.82) is 0 Å². The molecule has 1 heterocycles. The molecule has 0 aromatic rings. The van der Waals surface area contributed by atoms with Crippen LogP contribution in [0, 0.1) is 5.92 Å². The van der Waals surface area contributed by atoms with E-state index in [4.69, 9.17) is 5.11 Å². The van der Waals surface area contributed by atoms with Gasteiger partial charge in [-0.1, -0.05) is 19.8 Å². The Balaban J connectivity index is 2.35. The summed E-state index contributed by atoms with van der Waals surface area (Å²) in [5, 5.41) is 8.95. The van der Waals surface area contributed by atoms with E-state index in [2.05, 4.69) is 4.90 Å². The highest BCUT2D eigenvalue weighted by Gasteiger charge is 2.19. The van der Waals surface area contributed by atoms with Crippen molar-refractivity contribution in [2.45, 2.75) is 39.0 Å². The van der Waals surface area contributed by atoms with Gasteiger partial charge in [0.25, 0.3) is 0 Å². The summed E-state index contributed by atoms with van der Waals surface area (Å²) in [6.07, 6.45) is 5.82. The Morgan fingerprint density at radius 2 is 1.86 bits per heavy atom. The summed E-state index contributed by atoms with van der Waals surface area (Å²) < 4.78 is 0. The second-order valence-corrected chi connectivity index (χ2v) is 4.16. The molecule has 1 fully saturated rings. The van der Waals surface area contributed by atoms with Crippen LogP contribution in [0.2, 0.25) is 0 Å². The lowest BCUT2D eigenvalue weighted by Gasteiger charge is -2.22. The molecule has 14 heavy (non-hydrogen) atoms. The van der Waals surface area contributed by atoms with Crippen molar-refractivity contribution in [2.24, 2.45) is 5.92 Å². The topological polar surface area (TPSA) is 40.5 Å². The number of carbonyl (C=O) groups is 1. The molecule has 1 aliphatic heterocycles. The number of carboxylic acids is 1. The number of likely N-dealkylation sites (tertiary alicyclic amines) is 1. The maximum atomic E-state index is 10.9. The quantitative estimate of drug-likeness (QED) is 0.752. The van der Waals surface area contributed by atoms with Crippen LogP contribution < -0.4 is 0 Å². The molecule has 0 saturated carbocycles. The van der Waals surface area contributed by atoms with Crippen LogP contribution in [0.5, 0.6) is 0 Å². The normalized spacial score (nSPS) is 21.5. The van der Waals surface area contributed by atoms with Gasteiger partial charge in [0.05, 0.1) is 5.92 Å². The lowest BCUT2D eigenvalue weighted by atomic mass is 10.1. The molecule has 1 saturated heterocycles. The summed E-state index contributed by atoms with van der Waals surface area (Å²) in [7, 11) is 0. The maximum Gasteiger partial charge on any atom is 0.307 e. The lowest BCUT2D eigenvalue weighted by Crippen LogP contribution is -2.33. The van der Waals surface area contributed by atoms with Crippen LogP contribution in [0.1, 0.15) is 39.0 Å². The third-order valence-corrected chi connectivity index (χ3v) is 3.02. The number of aliphatic carboxylic acids is 1. The molecule has 1 rings (SSSR count). The Hall–Kier alpha value is -0.570. The van der Waals surface area contributed by atoms with Gasteiger partial charge in [0, 0.05) is 6.54 Å². The predicted molar refractivity (Wildman–Crippen MR) is 56.3 cm³/mol. The van der Waals surface area contributed by atoms with Gasteiger partial charge >= 0.3 is 5.97 Å². The predicted octanol–water partition coefficient (Wildman–Crippen LogP) is 1.97. The van der Waals surface area contributed by atoms with Gasteiger partial charge in [-0.25, -0.2) is 0 Å². The second-order valence-electron chi connectivity index (χ2n) is 4.16. The van der Waals surface area contributed by atoms with Gasteiger partial charge in [0.15, 0.2) is 0 Å². The molecule has 3 heteroatoms. The Morgan fingerprint density at radius 1 is 1.29 bits per heavy atom. The molecule has 82 valence electrons. The third-order valence-electron chi connectivity index (χ3n) is 3.02. The standard InChI is InChI=1S/C11H21NO2/c1-2-10(11(13)14)9-12-7-5-3-4-6-8-12/h10H,2-9H2,1H3,(H,13,14). The zero-order chi connectivity index (χ0) is 10.4. The van der Waals surface area contributed by atoms with E-state index in [-0.39, 0.29) is 5.92 Å². The monoisotopic (exact) mass is 199 g/mol. The molecule has 1 unspecified atom stereocenters. The van der Waals surface area contributed by atoms with E-state index in [0.717, 1.165) is 26.1 Å². The van der Waals surface area contributed by atoms with Crippen LogP contribution in [0.15, 0.2) is 0 Å². The number of rotatable bonds is 4. The minimum Gasteiger partial charge on any atom is -0.481 e. The molecule has 0 spiro atoms. The van der Waals surface area contributed by atoms with Crippen molar-refractivity contribution in [3.05, 3.63) is 0 Å². The fourth-order valence-corrected chi connectivity index (χ4v) is 2.01. The SMILES string of the molecule is CCC(CN1CCCCCC1)C(=O)O. The highest BCUT2D eigenvalue weighted by molar-refractivity contribution is 5.70. The minimum absolute atomic E-state index is 0.173. The van der Waals surface area contributed by atoms with Crippen LogP contribution in [0.4, 0.5) is 0 Å². The zero-order valence-electron chi connectivity index (χ0n) is 9.04. The molecule has 1 atom stereocenters. The van der Waals surface area contributed by atoms with E-state index < -0.39 is 5.97 Å². The summed E-state index contributed by atoms with van der Waals surface area (Å²) in [6, 6.07) is 0. The van der Waals surface area contributed by atoms with E-state index in [0.29, 0.717) is 0 Å². The first-order chi connectivity index (χ1) is 6.74. The van der Waals surface area contributed by atoms with Gasteiger partial charge in [-0.15, -0.1) is 0 Å². The maximum absolute atomic E-state index is 10.9. The van der Waals surface area contributed by atoms with Crippen molar-refractivity contribution < 1.29 is 9.90 Å². The third kappa shape index (κ3) is 3.66. The zero-order valence-corrected chi connectivity index (χ0v) is 9.04. The Labute approximate surface area is 86.1 Å². The van der Waals surface area contributed by atoms with E-state index in [1.54, 1.807) is 0 Å². The lowest BCUT2D eigenvalue weighted by molar-refractivity contribution is -0.142. The van der Waals surface area contributed by atoms with Gasteiger partial charge in [-0.2, -0.15) is 0 Å². The molecule has 3 nitrogen and oxygen atoms in total. The summed E-state index contributed by atoms with van der Waals surface area (Å²) in [5.41, 5.74) is 0. The summed E-state index contributed by atoms with van der Waals surface area (Å²) >= 11 is 0. The summed E-state index contributed by atoms with van der Waals surface area (Å²) in [6.45, 7) is 4.87. The van der Waals surface area contributed by atoms with E-state index in [1.807, 2.05) is 6.92 Å². The molecule has 0 aliphatic carbocycles. The Bertz CT molecular complexity index is 174. The molecule has 0 amide bonds. The van der Waals surface area contributed by atoms with Gasteiger partial charge in [-0.05, 0) is 32.4 Å². The van der Waals surface area contributed by atoms with Crippen molar-refractivity contribution in [3.63, 3.8) is 0 Å². The fraction of sp³-hybridized carbons (Fsp3) is 0.909. The first kappa shape index (κ1) is 11.5. The van der Waals surface area contributed by atoms with E-state index in [9.17, 15) is 4.79 Å². The first-order valence-electron chi connectivity index (χ1n) is 5.69. The molecule has 1 aliphatic rings. The van der Waals surface area contributed by atoms with Crippen LogP contribution in [-0.2, 0) is 4.79 Å². The van der Waals surface area contributed by atoms with Crippen molar-refractivity contribution in [2.75, 3.05) is 19.6 Å². The van der Waals surface area contributed by atoms with E-state index >= 15 is 0 Å². The highest BCUT2D eigenvalue weighted by Crippen LogP contribution is 2.13. The number of nitrogens with zero attached hydrogens (tertiary/aromatic N) is 1. The highest BCUT2D eigenvalue weighted by atomic mass is 16.4. The van der Waals surface area contributed by atoms with E-state index in [1.165, 1.54) is 25.7 Å². The molecule has 0 bridgehead atoms. The minimum atomic E-state index is -0.642. The molecular weight excluding hydrogens is 178 g/mol. The first-order valence-corrected chi connectivity index (χ1v) is 5.69. The number of hydrogen-bond donors (Lipinski definition) is 1. The molecule has 0 aromatic carbocycles. The van der Waals surface area contributed by atoms with Crippen LogP contribution >= 0.6 is 0 Å². The smallest absolute Gasteiger partial charge is 0.307 e. The Kier molecular flexibility index (Phi) is 4.94. The summed E-state index contributed by atoms with van der Waals surface area (Å²) in [5.74, 6) is -0.815. The van der Waals surface area contributed by atoms with Gasteiger partial charge in [0.1, 0.15) is 0 Å². The number of carboxylic acid groups (broad SMARTS) is 1. The largest absolute Gasteiger partial charge is 0.481 e. The average molecular weight is 199 g/mol. The van der Waals surface area contributed by atoms with Crippen molar-refractivity contribution in [3.8, 4) is 0 Å². The van der Waals surface area contributed by atoms with Gasteiger partial charge < -0.3 is 10.0 Å². The molecule has 1 N–H and O–H groups in total. The van der Waals surface area contributed by atoms with Crippen LogP contribution in [-0.4, -0.2) is 35.6 Å². The van der Waals surface area contributed by atoms with Gasteiger partial charge in [0.2, 0.25) is 0 Å².